The van der Waals surface area contributed by atoms with Gasteiger partial charge < -0.3 is 15.3 Å². The number of nitrogens with one attached hydrogen (secondary N) is 1. The molecule has 3 heterocycles. The van der Waals surface area contributed by atoms with E-state index in [-0.39, 0.29) is 6.61 Å². The fourth-order valence-corrected chi connectivity index (χ4v) is 3.47. The Kier molecular flexibility index (Phi) is 5.59. The van der Waals surface area contributed by atoms with E-state index in [1.165, 1.54) is 11.3 Å². The van der Waals surface area contributed by atoms with E-state index in [9.17, 15) is 0 Å². The van der Waals surface area contributed by atoms with Crippen molar-refractivity contribution in [3.8, 4) is 11.8 Å². The molecule has 2 aromatic rings. The maximum absolute atomic E-state index is 8.73. The largest absolute Gasteiger partial charge is 0.384 e. The summed E-state index contributed by atoms with van der Waals surface area (Å²) >= 11 is 1.70. The summed E-state index contributed by atoms with van der Waals surface area (Å²) in [7, 11) is 0. The summed E-state index contributed by atoms with van der Waals surface area (Å²) in [5, 5.41) is 14.4. The van der Waals surface area contributed by atoms with Crippen molar-refractivity contribution in [2.75, 3.05) is 24.6 Å². The second-order valence-electron chi connectivity index (χ2n) is 5.48. The molecule has 0 aromatic carbocycles. The Bertz CT molecular complexity index is 677. The first-order valence-electron chi connectivity index (χ1n) is 7.77. The third-order valence-electron chi connectivity index (χ3n) is 3.79. The monoisotopic (exact) mass is 328 g/mol. The molecule has 1 aliphatic heterocycles. The fourth-order valence-electron chi connectivity index (χ4n) is 2.71. The van der Waals surface area contributed by atoms with Crippen LogP contribution in [0.5, 0.6) is 0 Å². The van der Waals surface area contributed by atoms with E-state index < -0.39 is 0 Å². The molecule has 6 heteroatoms. The summed E-state index contributed by atoms with van der Waals surface area (Å²) in [4.78, 5) is 12.2. The Morgan fingerprint density at radius 3 is 3.09 bits per heavy atom. The lowest BCUT2D eigenvalue weighted by Crippen LogP contribution is -2.46. The number of nitrogens with zero attached hydrogens (tertiary/aromatic N) is 3. The molecular weight excluding hydrogens is 308 g/mol. The van der Waals surface area contributed by atoms with Crippen molar-refractivity contribution in [3.63, 3.8) is 0 Å². The molecule has 1 aliphatic rings. The zero-order valence-corrected chi connectivity index (χ0v) is 13.7. The molecule has 120 valence electrons. The van der Waals surface area contributed by atoms with Crippen molar-refractivity contribution in [2.45, 2.75) is 25.4 Å². The number of anilines is 1. The van der Waals surface area contributed by atoms with Crippen LogP contribution in [0.15, 0.2) is 29.9 Å². The lowest BCUT2D eigenvalue weighted by Gasteiger charge is -2.33. The highest BCUT2D eigenvalue weighted by Gasteiger charge is 2.21. The van der Waals surface area contributed by atoms with Gasteiger partial charge in [0.05, 0.1) is 0 Å². The molecule has 1 fully saturated rings. The van der Waals surface area contributed by atoms with Crippen molar-refractivity contribution >= 4 is 17.3 Å². The van der Waals surface area contributed by atoms with Gasteiger partial charge in [-0.05, 0) is 25.0 Å². The molecule has 1 atom stereocenters. The minimum atomic E-state index is -0.0943. The van der Waals surface area contributed by atoms with Crippen LogP contribution >= 0.6 is 11.3 Å². The highest BCUT2D eigenvalue weighted by Crippen LogP contribution is 2.17. The van der Waals surface area contributed by atoms with Crippen LogP contribution in [0, 0.1) is 11.8 Å². The van der Waals surface area contributed by atoms with Crippen LogP contribution < -0.4 is 10.2 Å². The van der Waals surface area contributed by atoms with Gasteiger partial charge in [-0.15, -0.1) is 11.3 Å². The molecule has 2 aromatic heterocycles. The first kappa shape index (κ1) is 15.9. The van der Waals surface area contributed by atoms with Crippen molar-refractivity contribution in [3.05, 3.63) is 40.3 Å². The molecule has 0 aliphatic carbocycles. The van der Waals surface area contributed by atoms with E-state index in [1.807, 2.05) is 11.4 Å². The van der Waals surface area contributed by atoms with Gasteiger partial charge in [0.1, 0.15) is 6.61 Å². The molecule has 0 amide bonds. The summed E-state index contributed by atoms with van der Waals surface area (Å²) < 4.78 is 0. The van der Waals surface area contributed by atoms with Gasteiger partial charge in [0.15, 0.2) is 0 Å². The Labute approximate surface area is 140 Å². The molecule has 0 bridgehead atoms. The number of rotatable bonds is 4. The predicted molar refractivity (Wildman–Crippen MR) is 92.4 cm³/mol. The number of aromatic nitrogens is 2. The van der Waals surface area contributed by atoms with Gasteiger partial charge in [-0.3, -0.25) is 0 Å². The lowest BCUT2D eigenvalue weighted by molar-refractivity contribution is 0.350. The fraction of sp³-hybridized carbons (Fsp3) is 0.412. The number of hydrogen-bond donors (Lipinski definition) is 2. The molecule has 5 nitrogen and oxygen atoms in total. The Morgan fingerprint density at radius 2 is 2.26 bits per heavy atom. The second kappa shape index (κ2) is 8.06. The maximum atomic E-state index is 8.73. The van der Waals surface area contributed by atoms with Crippen molar-refractivity contribution in [2.24, 2.45) is 0 Å². The van der Waals surface area contributed by atoms with Gasteiger partial charge in [0, 0.05) is 53.9 Å². The van der Waals surface area contributed by atoms with Crippen LogP contribution in [0.2, 0.25) is 0 Å². The third kappa shape index (κ3) is 4.52. The SMILES string of the molecule is OCC#Cc1csc(CNC2CCCN(c3ncccn3)C2)c1. The topological polar surface area (TPSA) is 61.3 Å². The van der Waals surface area contributed by atoms with Crippen LogP contribution in [0.1, 0.15) is 23.3 Å². The number of piperidine rings is 1. The number of hydrogen-bond acceptors (Lipinski definition) is 6. The van der Waals surface area contributed by atoms with E-state index >= 15 is 0 Å². The molecule has 1 unspecified atom stereocenters. The summed E-state index contributed by atoms with van der Waals surface area (Å²) in [5.74, 6) is 6.43. The highest BCUT2D eigenvalue weighted by molar-refractivity contribution is 7.10. The molecule has 1 saturated heterocycles. The summed E-state index contributed by atoms with van der Waals surface area (Å²) in [5.41, 5.74) is 0.976. The van der Waals surface area contributed by atoms with Crippen LogP contribution in [0.3, 0.4) is 0 Å². The quantitative estimate of drug-likeness (QED) is 0.836. The van der Waals surface area contributed by atoms with Crippen molar-refractivity contribution < 1.29 is 5.11 Å². The minimum absolute atomic E-state index is 0.0943. The van der Waals surface area contributed by atoms with Crippen molar-refractivity contribution in [1.82, 2.24) is 15.3 Å². The molecule has 0 radical (unpaired) electrons. The third-order valence-corrected chi connectivity index (χ3v) is 4.72. The standard InChI is InChI=1S/C17H20N4OS/c22-9-2-4-14-10-16(23-13-14)11-20-15-5-1-8-21(12-15)17-18-6-3-7-19-17/h3,6-7,10,13,15,20,22H,1,5,8-9,11-12H2. The maximum Gasteiger partial charge on any atom is 0.225 e. The molecule has 0 spiro atoms. The van der Waals surface area contributed by atoms with E-state index in [1.54, 1.807) is 23.7 Å². The van der Waals surface area contributed by atoms with Gasteiger partial charge in [-0.2, -0.15) is 0 Å². The predicted octanol–water partition coefficient (Wildman–Crippen LogP) is 1.64. The Hall–Kier alpha value is -1.94. The zero-order chi connectivity index (χ0) is 15.9. The summed E-state index contributed by atoms with van der Waals surface area (Å²) in [6.45, 7) is 2.71. The van der Waals surface area contributed by atoms with Gasteiger partial charge in [-0.1, -0.05) is 11.8 Å². The average molecular weight is 328 g/mol. The Morgan fingerprint density at radius 1 is 1.39 bits per heavy atom. The summed E-state index contributed by atoms with van der Waals surface area (Å²) in [6.07, 6.45) is 5.90. The van der Waals surface area contributed by atoms with Crippen molar-refractivity contribution in [1.29, 1.82) is 0 Å². The normalized spacial score (nSPS) is 17.6. The molecular formula is C17H20N4OS. The molecule has 0 saturated carbocycles. The first-order valence-corrected chi connectivity index (χ1v) is 8.65. The first-order chi connectivity index (χ1) is 11.3. The Balaban J connectivity index is 1.53. The van der Waals surface area contributed by atoms with Crippen LogP contribution in [0.4, 0.5) is 5.95 Å². The zero-order valence-electron chi connectivity index (χ0n) is 12.9. The summed E-state index contributed by atoms with van der Waals surface area (Å²) in [6, 6.07) is 4.37. The van der Waals surface area contributed by atoms with E-state index in [0.29, 0.717) is 6.04 Å². The van der Waals surface area contributed by atoms with Crippen LogP contribution in [-0.4, -0.2) is 40.8 Å². The number of thiophene rings is 1. The van der Waals surface area contributed by atoms with Crippen LogP contribution in [-0.2, 0) is 6.54 Å². The number of aliphatic hydroxyl groups excluding tert-OH is 1. The van der Waals surface area contributed by atoms with Gasteiger partial charge in [0.2, 0.25) is 5.95 Å². The van der Waals surface area contributed by atoms with E-state index in [4.69, 9.17) is 5.11 Å². The van der Waals surface area contributed by atoms with Gasteiger partial charge >= 0.3 is 0 Å². The smallest absolute Gasteiger partial charge is 0.225 e. The minimum Gasteiger partial charge on any atom is -0.384 e. The molecule has 3 rings (SSSR count). The number of aliphatic hydroxyl groups is 1. The molecule has 23 heavy (non-hydrogen) atoms. The second-order valence-corrected chi connectivity index (χ2v) is 6.47. The lowest BCUT2D eigenvalue weighted by atomic mass is 10.1. The average Bonchev–Trinajstić information content (AvgIpc) is 3.07. The molecule has 2 N–H and O–H groups in total. The highest BCUT2D eigenvalue weighted by atomic mass is 32.1. The van der Waals surface area contributed by atoms with Crippen LogP contribution in [0.25, 0.3) is 0 Å². The van der Waals surface area contributed by atoms with E-state index in [2.05, 4.69) is 38.1 Å². The van der Waals surface area contributed by atoms with E-state index in [0.717, 1.165) is 37.6 Å². The van der Waals surface area contributed by atoms with Gasteiger partial charge in [0.25, 0.3) is 0 Å². The van der Waals surface area contributed by atoms with Gasteiger partial charge in [-0.25, -0.2) is 9.97 Å².